The number of ether oxygens (including phenoxy) is 3. The highest BCUT2D eigenvalue weighted by atomic mass is 16.7. The van der Waals surface area contributed by atoms with E-state index in [4.69, 9.17) is 14.2 Å². The van der Waals surface area contributed by atoms with Crippen LogP contribution in [0.2, 0.25) is 0 Å². The fourth-order valence-corrected chi connectivity index (χ4v) is 7.44. The van der Waals surface area contributed by atoms with E-state index in [9.17, 15) is 35.1 Å². The summed E-state index contributed by atoms with van der Waals surface area (Å²) in [7, 11) is 0. The summed E-state index contributed by atoms with van der Waals surface area (Å²) in [6.45, 7) is 5.44. The van der Waals surface area contributed by atoms with Crippen LogP contribution in [0.5, 0.6) is 0 Å². The Bertz CT molecular complexity index is 1450. The minimum Gasteiger partial charge on any atom is -0.454 e. The number of aliphatic hydroxyl groups excluding tert-OH is 5. The number of hydrogen-bond donors (Lipinski definition) is 6. The van der Waals surface area contributed by atoms with Gasteiger partial charge in [0, 0.05) is 6.42 Å². The first-order valence-electron chi connectivity index (χ1n) is 26.1. The van der Waals surface area contributed by atoms with E-state index in [0.29, 0.717) is 12.8 Å². The van der Waals surface area contributed by atoms with E-state index in [2.05, 4.69) is 68.6 Å². The van der Waals surface area contributed by atoms with Crippen molar-refractivity contribution in [1.29, 1.82) is 0 Å². The van der Waals surface area contributed by atoms with Gasteiger partial charge in [0.05, 0.1) is 25.4 Å². The third-order valence-electron chi connectivity index (χ3n) is 11.6. The first-order chi connectivity index (χ1) is 32.7. The second kappa shape index (κ2) is 43.8. The van der Waals surface area contributed by atoms with Crippen LogP contribution in [0.25, 0.3) is 0 Å². The van der Waals surface area contributed by atoms with Gasteiger partial charge in [-0.1, -0.05) is 195 Å². The summed E-state index contributed by atoms with van der Waals surface area (Å²) in [5.41, 5.74) is 0. The highest BCUT2D eigenvalue weighted by Crippen LogP contribution is 2.26. The van der Waals surface area contributed by atoms with Gasteiger partial charge in [-0.25, -0.2) is 0 Å². The van der Waals surface area contributed by atoms with Crippen LogP contribution in [0.4, 0.5) is 0 Å². The quantitative estimate of drug-likeness (QED) is 0.0150. The molecule has 11 nitrogen and oxygen atoms in total. The Hall–Kier alpha value is -3.42. The molecule has 0 bridgehead atoms. The van der Waals surface area contributed by atoms with Crippen LogP contribution in [-0.2, 0) is 23.8 Å². The van der Waals surface area contributed by atoms with E-state index < -0.39 is 67.4 Å². The maximum absolute atomic E-state index is 13.3. The van der Waals surface area contributed by atoms with Crippen LogP contribution in [0.15, 0.2) is 97.2 Å². The van der Waals surface area contributed by atoms with Crippen molar-refractivity contribution in [3.8, 4) is 0 Å². The van der Waals surface area contributed by atoms with Gasteiger partial charge in [0.1, 0.15) is 24.4 Å². The van der Waals surface area contributed by atoms with Crippen molar-refractivity contribution in [3.05, 3.63) is 97.2 Å². The summed E-state index contributed by atoms with van der Waals surface area (Å²) >= 11 is 0. The SMILES string of the molecule is CC/C=C/C=C/C=C\C=C/CCCCC(O)C(=O)NC(COC1OC(CO)C(O)C(O)C1OC(=O)CCCCCC/C=C/C/C=C/C/C=C/CC)C(O)/C=C/CCCCCCCCCCCC. The van der Waals surface area contributed by atoms with Gasteiger partial charge in [-0.05, 0) is 77.0 Å². The Morgan fingerprint density at radius 1 is 0.612 bits per heavy atom. The predicted octanol–water partition coefficient (Wildman–Crippen LogP) is 10.8. The number of allylic oxidation sites excluding steroid dienone is 15. The largest absolute Gasteiger partial charge is 0.454 e. The molecule has 67 heavy (non-hydrogen) atoms. The Morgan fingerprint density at radius 2 is 1.15 bits per heavy atom. The zero-order chi connectivity index (χ0) is 49.0. The number of esters is 1. The van der Waals surface area contributed by atoms with Crippen LogP contribution in [-0.4, -0.2) is 99.6 Å². The monoisotopic (exact) mass is 940 g/mol. The maximum Gasteiger partial charge on any atom is 0.306 e. The molecule has 0 aromatic heterocycles. The van der Waals surface area contributed by atoms with Crippen molar-refractivity contribution in [2.75, 3.05) is 13.2 Å². The van der Waals surface area contributed by atoms with E-state index in [1.165, 1.54) is 44.9 Å². The molecule has 1 fully saturated rings. The molecule has 0 aromatic rings. The summed E-state index contributed by atoms with van der Waals surface area (Å²) in [4.78, 5) is 26.3. The number of carbonyl (C=O) groups excluding carboxylic acids is 2. The van der Waals surface area contributed by atoms with E-state index in [0.717, 1.165) is 89.9 Å². The predicted molar refractivity (Wildman–Crippen MR) is 273 cm³/mol. The molecule has 0 spiro atoms. The smallest absolute Gasteiger partial charge is 0.306 e. The van der Waals surface area contributed by atoms with Crippen molar-refractivity contribution in [3.63, 3.8) is 0 Å². The van der Waals surface area contributed by atoms with Crippen LogP contribution >= 0.6 is 0 Å². The van der Waals surface area contributed by atoms with E-state index >= 15 is 0 Å². The van der Waals surface area contributed by atoms with Crippen molar-refractivity contribution >= 4 is 11.9 Å². The van der Waals surface area contributed by atoms with Gasteiger partial charge in [-0.2, -0.15) is 0 Å². The summed E-state index contributed by atoms with van der Waals surface area (Å²) < 4.78 is 17.5. The average molecular weight is 940 g/mol. The number of rotatable bonds is 41. The lowest BCUT2D eigenvalue weighted by Gasteiger charge is -2.41. The van der Waals surface area contributed by atoms with Gasteiger partial charge in [0.15, 0.2) is 12.4 Å². The molecule has 8 atom stereocenters. The molecule has 1 aliphatic heterocycles. The number of nitrogens with one attached hydrogen (secondary N) is 1. The molecule has 8 unspecified atom stereocenters. The number of amides is 1. The lowest BCUT2D eigenvalue weighted by atomic mass is 9.99. The second-order valence-electron chi connectivity index (χ2n) is 17.6. The van der Waals surface area contributed by atoms with E-state index in [1.54, 1.807) is 6.08 Å². The molecule has 6 N–H and O–H groups in total. The molecule has 0 aromatic carbocycles. The summed E-state index contributed by atoms with van der Waals surface area (Å²) in [6.07, 6.45) is 46.1. The third kappa shape index (κ3) is 32.9. The molecular formula is C56H93NO10. The zero-order valence-corrected chi connectivity index (χ0v) is 41.7. The second-order valence-corrected chi connectivity index (χ2v) is 17.6. The normalized spacial score (nSPS) is 20.9. The molecule has 0 aliphatic carbocycles. The first-order valence-corrected chi connectivity index (χ1v) is 26.1. The third-order valence-corrected chi connectivity index (χ3v) is 11.6. The maximum atomic E-state index is 13.3. The van der Waals surface area contributed by atoms with Crippen molar-refractivity contribution in [2.24, 2.45) is 0 Å². The van der Waals surface area contributed by atoms with Crippen molar-refractivity contribution < 1.29 is 49.3 Å². The minimum absolute atomic E-state index is 0.0871. The molecule has 1 saturated heterocycles. The molecule has 0 saturated carbocycles. The molecule has 382 valence electrons. The molecule has 0 radical (unpaired) electrons. The number of carbonyl (C=O) groups is 2. The lowest BCUT2D eigenvalue weighted by molar-refractivity contribution is -0.305. The topological polar surface area (TPSA) is 175 Å². The van der Waals surface area contributed by atoms with Crippen molar-refractivity contribution in [1.82, 2.24) is 5.32 Å². The Morgan fingerprint density at radius 3 is 1.79 bits per heavy atom. The van der Waals surface area contributed by atoms with Gasteiger partial charge in [-0.15, -0.1) is 0 Å². The Labute approximate surface area is 405 Å². The standard InChI is InChI=1S/C56H93NO10/c1-4-7-10-13-16-19-22-25-26-29-32-35-38-41-44-51(61)67-54-53(63)52(62)50(45-58)66-56(54)65-46-47(48(59)42-39-36-33-30-27-23-20-17-14-11-8-5-2)57-55(64)49(60)43-40-37-34-31-28-24-21-18-15-12-9-6-3/h7,9-10,12,15-16,18-19,21,24-26,28,31,39,42,47-50,52-54,56,58-60,62-63H,4-6,8,11,13-14,17,20,22-23,27,29-30,32-38,40-41,43-46H2,1-3H3,(H,57,64)/b10-7+,12-9+,18-15+,19-16+,24-21-,26-25+,31-28-,42-39+. The summed E-state index contributed by atoms with van der Waals surface area (Å²) in [5, 5.41) is 56.5. The van der Waals surface area contributed by atoms with Crippen molar-refractivity contribution in [2.45, 2.75) is 230 Å². The molecule has 11 heteroatoms. The highest BCUT2D eigenvalue weighted by Gasteiger charge is 2.47. The lowest BCUT2D eigenvalue weighted by Crippen LogP contribution is -2.61. The van der Waals surface area contributed by atoms with Gasteiger partial charge >= 0.3 is 5.97 Å². The number of hydrogen-bond acceptors (Lipinski definition) is 10. The van der Waals surface area contributed by atoms with Crippen LogP contribution in [0, 0.1) is 0 Å². The van der Waals surface area contributed by atoms with E-state index in [-0.39, 0.29) is 19.4 Å². The highest BCUT2D eigenvalue weighted by molar-refractivity contribution is 5.80. The molecule has 1 aliphatic rings. The molecule has 1 heterocycles. The van der Waals surface area contributed by atoms with Gasteiger partial charge in [-0.3, -0.25) is 9.59 Å². The van der Waals surface area contributed by atoms with Gasteiger partial charge in [0.25, 0.3) is 0 Å². The Kier molecular flexibility index (Phi) is 40.3. The minimum atomic E-state index is -1.63. The fourth-order valence-electron chi connectivity index (χ4n) is 7.44. The van der Waals surface area contributed by atoms with Crippen LogP contribution in [0.1, 0.15) is 181 Å². The molecule has 1 amide bonds. The summed E-state index contributed by atoms with van der Waals surface area (Å²) in [6, 6.07) is -1.05. The average Bonchev–Trinajstić information content (AvgIpc) is 3.32. The number of unbranched alkanes of at least 4 members (excludes halogenated alkanes) is 16. The van der Waals surface area contributed by atoms with Gasteiger partial charge < -0.3 is 45.1 Å². The Balaban J connectivity index is 2.83. The number of aliphatic hydroxyl groups is 5. The first kappa shape index (κ1) is 61.6. The van der Waals surface area contributed by atoms with Crippen LogP contribution < -0.4 is 5.32 Å². The molecule has 1 rings (SSSR count). The fraction of sp³-hybridized carbons (Fsp3) is 0.679. The summed E-state index contributed by atoms with van der Waals surface area (Å²) in [5.74, 6) is -1.27. The van der Waals surface area contributed by atoms with Crippen LogP contribution in [0.3, 0.4) is 0 Å². The zero-order valence-electron chi connectivity index (χ0n) is 41.7. The molecular weight excluding hydrogens is 847 g/mol. The van der Waals surface area contributed by atoms with E-state index in [1.807, 2.05) is 48.6 Å². The van der Waals surface area contributed by atoms with Gasteiger partial charge in [0.2, 0.25) is 5.91 Å².